The summed E-state index contributed by atoms with van der Waals surface area (Å²) in [6, 6.07) is 10.4. The fraction of sp³-hybridized carbons (Fsp3) is 0.200. The van der Waals surface area contributed by atoms with Crippen molar-refractivity contribution >= 4 is 21.4 Å². The number of anilines is 2. The highest BCUT2D eigenvalue weighted by Gasteiger charge is 2.26. The zero-order valence-corrected chi connectivity index (χ0v) is 12.7. The molecule has 0 spiro atoms. The van der Waals surface area contributed by atoms with Crippen molar-refractivity contribution in [1.82, 2.24) is 0 Å². The molecular weight excluding hydrogens is 291 g/mol. The van der Waals surface area contributed by atoms with Crippen LogP contribution in [0.2, 0.25) is 0 Å². The molecular formula is C15H17FN2O2S. The van der Waals surface area contributed by atoms with Gasteiger partial charge in [0, 0.05) is 12.2 Å². The van der Waals surface area contributed by atoms with E-state index in [1.807, 2.05) is 0 Å². The van der Waals surface area contributed by atoms with Crippen LogP contribution in [0.5, 0.6) is 0 Å². The van der Waals surface area contributed by atoms with E-state index in [1.54, 1.807) is 26.0 Å². The van der Waals surface area contributed by atoms with Gasteiger partial charge in [-0.2, -0.15) is 0 Å². The first-order chi connectivity index (χ1) is 9.86. The van der Waals surface area contributed by atoms with Gasteiger partial charge in [0.2, 0.25) is 0 Å². The maximum atomic E-state index is 13.9. The van der Waals surface area contributed by atoms with Crippen molar-refractivity contribution in [3.8, 4) is 0 Å². The summed E-state index contributed by atoms with van der Waals surface area (Å²) >= 11 is 0. The zero-order valence-electron chi connectivity index (χ0n) is 11.9. The van der Waals surface area contributed by atoms with Crippen LogP contribution in [0.3, 0.4) is 0 Å². The van der Waals surface area contributed by atoms with Crippen molar-refractivity contribution in [2.75, 3.05) is 16.6 Å². The van der Waals surface area contributed by atoms with Crippen LogP contribution in [0.1, 0.15) is 12.5 Å². The Morgan fingerprint density at radius 1 is 1.19 bits per heavy atom. The van der Waals surface area contributed by atoms with Crippen LogP contribution in [-0.4, -0.2) is 15.0 Å². The topological polar surface area (TPSA) is 63.4 Å². The molecule has 0 amide bonds. The third-order valence-electron chi connectivity index (χ3n) is 3.07. The minimum atomic E-state index is -3.86. The maximum Gasteiger partial charge on any atom is 0.264 e. The van der Waals surface area contributed by atoms with Gasteiger partial charge in [-0.3, -0.25) is 4.31 Å². The Kier molecular flexibility index (Phi) is 4.18. The standard InChI is InChI=1S/C15H17FN2O2S/c1-3-18(15-7-5-4-6-14(15)16)21(19,20)13-9-11(2)8-12(17)10-13/h4-10H,3,17H2,1-2H3. The summed E-state index contributed by atoms with van der Waals surface area (Å²) < 4.78 is 40.4. The van der Waals surface area contributed by atoms with E-state index < -0.39 is 15.8 Å². The monoisotopic (exact) mass is 308 g/mol. The first-order valence-electron chi connectivity index (χ1n) is 6.50. The molecule has 2 aromatic carbocycles. The van der Waals surface area contributed by atoms with E-state index in [2.05, 4.69) is 0 Å². The number of nitrogens with two attached hydrogens (primary N) is 1. The number of hydrogen-bond acceptors (Lipinski definition) is 3. The summed E-state index contributed by atoms with van der Waals surface area (Å²) in [5.41, 5.74) is 6.83. The highest BCUT2D eigenvalue weighted by molar-refractivity contribution is 7.92. The Morgan fingerprint density at radius 2 is 1.86 bits per heavy atom. The molecule has 0 bridgehead atoms. The molecule has 4 nitrogen and oxygen atoms in total. The molecule has 2 N–H and O–H groups in total. The van der Waals surface area contributed by atoms with Gasteiger partial charge in [-0.05, 0) is 49.7 Å². The minimum absolute atomic E-state index is 0.0278. The average molecular weight is 308 g/mol. The van der Waals surface area contributed by atoms with Crippen LogP contribution in [-0.2, 0) is 10.0 Å². The molecule has 0 aliphatic carbocycles. The second-order valence-corrected chi connectivity index (χ2v) is 6.56. The van der Waals surface area contributed by atoms with Gasteiger partial charge in [0.05, 0.1) is 10.6 Å². The predicted molar refractivity (Wildman–Crippen MR) is 82.2 cm³/mol. The molecule has 112 valence electrons. The quantitative estimate of drug-likeness (QED) is 0.883. The van der Waals surface area contributed by atoms with Gasteiger partial charge in [-0.15, -0.1) is 0 Å². The molecule has 0 atom stereocenters. The van der Waals surface area contributed by atoms with Gasteiger partial charge in [0.15, 0.2) is 0 Å². The predicted octanol–water partition coefficient (Wildman–Crippen LogP) is 2.93. The molecule has 2 rings (SSSR count). The number of rotatable bonds is 4. The van der Waals surface area contributed by atoms with Gasteiger partial charge in [0.1, 0.15) is 5.82 Å². The van der Waals surface area contributed by atoms with Crippen molar-refractivity contribution in [2.45, 2.75) is 18.7 Å². The van der Waals surface area contributed by atoms with E-state index in [1.165, 1.54) is 30.3 Å². The van der Waals surface area contributed by atoms with Crippen LogP contribution >= 0.6 is 0 Å². The Balaban J connectivity index is 2.58. The van der Waals surface area contributed by atoms with Crippen molar-refractivity contribution in [3.63, 3.8) is 0 Å². The molecule has 0 heterocycles. The fourth-order valence-electron chi connectivity index (χ4n) is 2.18. The second kappa shape index (κ2) is 5.73. The van der Waals surface area contributed by atoms with Crippen LogP contribution in [0.4, 0.5) is 15.8 Å². The molecule has 0 saturated heterocycles. The second-order valence-electron chi connectivity index (χ2n) is 4.70. The number of halogens is 1. The number of sulfonamides is 1. The minimum Gasteiger partial charge on any atom is -0.399 e. The van der Waals surface area contributed by atoms with Gasteiger partial charge < -0.3 is 5.73 Å². The average Bonchev–Trinajstić information content (AvgIpc) is 2.40. The highest BCUT2D eigenvalue weighted by atomic mass is 32.2. The Morgan fingerprint density at radius 3 is 2.43 bits per heavy atom. The lowest BCUT2D eigenvalue weighted by molar-refractivity contribution is 0.586. The first-order valence-corrected chi connectivity index (χ1v) is 7.94. The fourth-order valence-corrected chi connectivity index (χ4v) is 3.80. The molecule has 6 heteroatoms. The van der Waals surface area contributed by atoms with Crippen LogP contribution in [0, 0.1) is 12.7 Å². The van der Waals surface area contributed by atoms with E-state index in [-0.39, 0.29) is 17.1 Å². The normalized spacial score (nSPS) is 11.4. The molecule has 0 fully saturated rings. The molecule has 21 heavy (non-hydrogen) atoms. The number of nitrogen functional groups attached to an aromatic ring is 1. The molecule has 0 aliphatic heterocycles. The van der Waals surface area contributed by atoms with E-state index in [0.717, 1.165) is 9.87 Å². The largest absolute Gasteiger partial charge is 0.399 e. The number of benzene rings is 2. The smallest absolute Gasteiger partial charge is 0.264 e. The first kappa shape index (κ1) is 15.3. The molecule has 0 aromatic heterocycles. The summed E-state index contributed by atoms with van der Waals surface area (Å²) in [6.07, 6.45) is 0. The summed E-state index contributed by atoms with van der Waals surface area (Å²) in [5, 5.41) is 0. The number of aryl methyl sites for hydroxylation is 1. The van der Waals surface area contributed by atoms with Gasteiger partial charge in [-0.25, -0.2) is 12.8 Å². The van der Waals surface area contributed by atoms with Gasteiger partial charge in [0.25, 0.3) is 10.0 Å². The van der Waals surface area contributed by atoms with E-state index >= 15 is 0 Å². The van der Waals surface area contributed by atoms with Crippen LogP contribution in [0.15, 0.2) is 47.4 Å². The molecule has 0 aliphatic rings. The van der Waals surface area contributed by atoms with Crippen molar-refractivity contribution < 1.29 is 12.8 Å². The lowest BCUT2D eigenvalue weighted by Crippen LogP contribution is -2.31. The molecule has 2 aromatic rings. The zero-order chi connectivity index (χ0) is 15.6. The van der Waals surface area contributed by atoms with Crippen molar-refractivity contribution in [3.05, 3.63) is 53.8 Å². The number of para-hydroxylation sites is 1. The maximum absolute atomic E-state index is 13.9. The van der Waals surface area contributed by atoms with Crippen LogP contribution < -0.4 is 10.0 Å². The third-order valence-corrected chi connectivity index (χ3v) is 4.94. The van der Waals surface area contributed by atoms with E-state index in [0.29, 0.717) is 5.69 Å². The lowest BCUT2D eigenvalue weighted by Gasteiger charge is -2.23. The van der Waals surface area contributed by atoms with Crippen molar-refractivity contribution in [1.29, 1.82) is 0 Å². The highest BCUT2D eigenvalue weighted by Crippen LogP contribution is 2.27. The molecule has 0 saturated carbocycles. The van der Waals surface area contributed by atoms with Gasteiger partial charge >= 0.3 is 0 Å². The summed E-state index contributed by atoms with van der Waals surface area (Å²) in [7, 11) is -3.86. The number of nitrogens with zero attached hydrogens (tertiary/aromatic N) is 1. The summed E-state index contributed by atoms with van der Waals surface area (Å²) in [4.78, 5) is 0.0603. The Bertz CT molecular complexity index is 740. The van der Waals surface area contributed by atoms with Crippen molar-refractivity contribution in [2.24, 2.45) is 0 Å². The summed E-state index contributed by atoms with van der Waals surface area (Å²) in [5.74, 6) is -0.580. The van der Waals surface area contributed by atoms with Crippen LogP contribution in [0.25, 0.3) is 0 Å². The molecule has 0 unspecified atom stereocenters. The Labute approximate surface area is 124 Å². The Hall–Kier alpha value is -2.08. The molecule has 0 radical (unpaired) electrons. The van der Waals surface area contributed by atoms with Gasteiger partial charge in [-0.1, -0.05) is 12.1 Å². The van der Waals surface area contributed by atoms with E-state index in [9.17, 15) is 12.8 Å². The third kappa shape index (κ3) is 3.00. The lowest BCUT2D eigenvalue weighted by atomic mass is 10.2. The number of hydrogen-bond donors (Lipinski definition) is 1. The SMILES string of the molecule is CCN(c1ccccc1F)S(=O)(=O)c1cc(C)cc(N)c1. The summed E-state index contributed by atoms with van der Waals surface area (Å²) in [6.45, 7) is 3.54. The van der Waals surface area contributed by atoms with E-state index in [4.69, 9.17) is 5.73 Å².